The molecule has 6 heteroatoms. The summed E-state index contributed by atoms with van der Waals surface area (Å²) in [7, 11) is 0. The van der Waals surface area contributed by atoms with Crippen molar-refractivity contribution in [2.24, 2.45) is 0 Å². The predicted molar refractivity (Wildman–Crippen MR) is 82.3 cm³/mol. The number of nitrogens with one attached hydrogen (secondary N) is 2. The van der Waals surface area contributed by atoms with Crippen molar-refractivity contribution >= 4 is 11.9 Å². The van der Waals surface area contributed by atoms with E-state index in [1.54, 1.807) is 0 Å². The van der Waals surface area contributed by atoms with Crippen LogP contribution in [0.1, 0.15) is 45.4 Å². The van der Waals surface area contributed by atoms with Gasteiger partial charge in [0.1, 0.15) is 0 Å². The normalized spacial score (nSPS) is 18.7. The molecule has 0 aromatic rings. The zero-order valence-corrected chi connectivity index (χ0v) is 13.1. The summed E-state index contributed by atoms with van der Waals surface area (Å²) in [6.07, 6.45) is 5.30. The van der Waals surface area contributed by atoms with Gasteiger partial charge in [-0.05, 0) is 38.8 Å². The van der Waals surface area contributed by atoms with Gasteiger partial charge in [0.15, 0.2) is 0 Å². The summed E-state index contributed by atoms with van der Waals surface area (Å²) < 4.78 is 0. The van der Waals surface area contributed by atoms with Crippen molar-refractivity contribution in [2.45, 2.75) is 51.5 Å². The van der Waals surface area contributed by atoms with Gasteiger partial charge in [-0.25, -0.2) is 0 Å². The summed E-state index contributed by atoms with van der Waals surface area (Å²) in [4.78, 5) is 24.5. The third-order valence-corrected chi connectivity index (χ3v) is 3.69. The van der Waals surface area contributed by atoms with Gasteiger partial charge in [0.25, 0.3) is 0 Å². The van der Waals surface area contributed by atoms with Gasteiger partial charge in [-0.1, -0.05) is 13.3 Å². The molecule has 1 amide bonds. The second-order valence-corrected chi connectivity index (χ2v) is 5.73. The van der Waals surface area contributed by atoms with E-state index < -0.39 is 5.97 Å². The summed E-state index contributed by atoms with van der Waals surface area (Å²) in [5.41, 5.74) is 0. The highest BCUT2D eigenvalue weighted by Gasteiger charge is 2.17. The molecule has 0 bridgehead atoms. The first-order chi connectivity index (χ1) is 10.1. The number of carboxylic acid groups (broad SMARTS) is 1. The standard InChI is InChI=1S/C15H29N3O3/c1-2-10-18(11-13-6-3-4-8-16-13)12-14(19)17-9-5-7-15(20)21/h13,16H,2-12H2,1H3,(H,17,19)(H,20,21). The summed E-state index contributed by atoms with van der Waals surface area (Å²) in [5, 5.41) is 14.9. The summed E-state index contributed by atoms with van der Waals surface area (Å²) in [6.45, 7) is 5.86. The lowest BCUT2D eigenvalue weighted by Crippen LogP contribution is -2.47. The molecule has 0 spiro atoms. The molecular weight excluding hydrogens is 270 g/mol. The summed E-state index contributed by atoms with van der Waals surface area (Å²) >= 11 is 0. The molecule has 1 aliphatic heterocycles. The largest absolute Gasteiger partial charge is 0.481 e. The minimum absolute atomic E-state index is 0.00958. The van der Waals surface area contributed by atoms with Crippen LogP contribution < -0.4 is 10.6 Å². The lowest BCUT2D eigenvalue weighted by molar-refractivity contribution is -0.137. The molecule has 1 heterocycles. The Morgan fingerprint density at radius 2 is 2.19 bits per heavy atom. The monoisotopic (exact) mass is 299 g/mol. The Kier molecular flexibility index (Phi) is 9.01. The fourth-order valence-electron chi connectivity index (χ4n) is 2.67. The van der Waals surface area contributed by atoms with Crippen molar-refractivity contribution < 1.29 is 14.7 Å². The van der Waals surface area contributed by atoms with Crippen molar-refractivity contribution in [1.29, 1.82) is 0 Å². The molecular formula is C15H29N3O3. The Morgan fingerprint density at radius 1 is 1.38 bits per heavy atom. The lowest BCUT2D eigenvalue weighted by atomic mass is 10.0. The van der Waals surface area contributed by atoms with E-state index in [9.17, 15) is 9.59 Å². The van der Waals surface area contributed by atoms with Gasteiger partial charge < -0.3 is 15.7 Å². The van der Waals surface area contributed by atoms with Gasteiger partial charge in [0.05, 0.1) is 6.54 Å². The van der Waals surface area contributed by atoms with Crippen LogP contribution in [0, 0.1) is 0 Å². The molecule has 1 atom stereocenters. The number of hydrogen-bond acceptors (Lipinski definition) is 4. The van der Waals surface area contributed by atoms with E-state index in [0.29, 0.717) is 25.6 Å². The zero-order valence-electron chi connectivity index (χ0n) is 13.1. The van der Waals surface area contributed by atoms with Crippen LogP contribution in [-0.4, -0.2) is 60.6 Å². The molecule has 122 valence electrons. The average molecular weight is 299 g/mol. The number of nitrogens with zero attached hydrogens (tertiary/aromatic N) is 1. The van der Waals surface area contributed by atoms with Crippen LogP contribution in [0.15, 0.2) is 0 Å². The van der Waals surface area contributed by atoms with Gasteiger partial charge in [0, 0.05) is 25.6 Å². The third kappa shape index (κ3) is 8.67. The van der Waals surface area contributed by atoms with Crippen LogP contribution in [-0.2, 0) is 9.59 Å². The van der Waals surface area contributed by atoms with Crippen LogP contribution >= 0.6 is 0 Å². The maximum absolute atomic E-state index is 11.9. The van der Waals surface area contributed by atoms with Crippen LogP contribution in [0.3, 0.4) is 0 Å². The van der Waals surface area contributed by atoms with Gasteiger partial charge in [0.2, 0.25) is 5.91 Å². The average Bonchev–Trinajstić information content (AvgIpc) is 2.45. The Bertz CT molecular complexity index is 317. The van der Waals surface area contributed by atoms with Crippen LogP contribution in [0.4, 0.5) is 0 Å². The number of rotatable bonds is 10. The molecule has 1 unspecified atom stereocenters. The second-order valence-electron chi connectivity index (χ2n) is 5.73. The van der Waals surface area contributed by atoms with Crippen molar-refractivity contribution in [3.05, 3.63) is 0 Å². The van der Waals surface area contributed by atoms with E-state index in [1.165, 1.54) is 19.3 Å². The van der Waals surface area contributed by atoms with Gasteiger partial charge in [-0.3, -0.25) is 14.5 Å². The summed E-state index contributed by atoms with van der Waals surface area (Å²) in [6, 6.07) is 0.491. The van der Waals surface area contributed by atoms with Crippen LogP contribution in [0.2, 0.25) is 0 Å². The van der Waals surface area contributed by atoms with E-state index in [0.717, 1.165) is 26.1 Å². The molecule has 0 saturated carbocycles. The minimum Gasteiger partial charge on any atom is -0.481 e. The quantitative estimate of drug-likeness (QED) is 0.520. The lowest BCUT2D eigenvalue weighted by Gasteiger charge is -2.30. The SMILES string of the molecule is CCCN(CC(=O)NCCCC(=O)O)CC1CCCCN1. The highest BCUT2D eigenvalue weighted by Crippen LogP contribution is 2.08. The first-order valence-electron chi connectivity index (χ1n) is 8.06. The zero-order chi connectivity index (χ0) is 15.5. The first-order valence-corrected chi connectivity index (χ1v) is 8.06. The number of aliphatic carboxylic acids is 1. The molecule has 6 nitrogen and oxygen atoms in total. The smallest absolute Gasteiger partial charge is 0.303 e. The molecule has 0 radical (unpaired) electrons. The van der Waals surface area contributed by atoms with E-state index in [1.807, 2.05) is 0 Å². The molecule has 0 aromatic heterocycles. The molecule has 3 N–H and O–H groups in total. The van der Waals surface area contributed by atoms with Gasteiger partial charge in [-0.15, -0.1) is 0 Å². The number of piperidine rings is 1. The number of carboxylic acids is 1. The van der Waals surface area contributed by atoms with E-state index in [4.69, 9.17) is 5.11 Å². The fraction of sp³-hybridized carbons (Fsp3) is 0.867. The number of amides is 1. The van der Waals surface area contributed by atoms with Crippen molar-refractivity contribution in [2.75, 3.05) is 32.7 Å². The number of hydrogen-bond donors (Lipinski definition) is 3. The van der Waals surface area contributed by atoms with Crippen molar-refractivity contribution in [3.63, 3.8) is 0 Å². The molecule has 0 aromatic carbocycles. The Morgan fingerprint density at radius 3 is 2.81 bits per heavy atom. The van der Waals surface area contributed by atoms with Crippen molar-refractivity contribution in [3.8, 4) is 0 Å². The maximum Gasteiger partial charge on any atom is 0.303 e. The fourth-order valence-corrected chi connectivity index (χ4v) is 2.67. The highest BCUT2D eigenvalue weighted by molar-refractivity contribution is 5.78. The highest BCUT2D eigenvalue weighted by atomic mass is 16.4. The third-order valence-electron chi connectivity index (χ3n) is 3.69. The van der Waals surface area contributed by atoms with Crippen LogP contribution in [0.25, 0.3) is 0 Å². The molecule has 1 fully saturated rings. The molecule has 1 aliphatic rings. The summed E-state index contributed by atoms with van der Waals surface area (Å²) in [5.74, 6) is -0.829. The van der Waals surface area contributed by atoms with Crippen LogP contribution in [0.5, 0.6) is 0 Å². The predicted octanol–water partition coefficient (Wildman–Crippen LogP) is 0.822. The molecule has 1 saturated heterocycles. The topological polar surface area (TPSA) is 81.7 Å². The molecule has 1 rings (SSSR count). The van der Waals surface area contributed by atoms with Crippen molar-refractivity contribution in [1.82, 2.24) is 15.5 Å². The Hall–Kier alpha value is -1.14. The second kappa shape index (κ2) is 10.6. The van der Waals surface area contributed by atoms with Gasteiger partial charge >= 0.3 is 5.97 Å². The van der Waals surface area contributed by atoms with Gasteiger partial charge in [-0.2, -0.15) is 0 Å². The number of carbonyl (C=O) groups is 2. The Balaban J connectivity index is 2.24. The van der Waals surface area contributed by atoms with E-state index in [2.05, 4.69) is 22.5 Å². The molecule has 0 aliphatic carbocycles. The van der Waals surface area contributed by atoms with E-state index in [-0.39, 0.29) is 12.3 Å². The maximum atomic E-state index is 11.9. The Labute approximate surface area is 127 Å². The molecule has 21 heavy (non-hydrogen) atoms. The first kappa shape index (κ1) is 17.9. The minimum atomic E-state index is -0.819. The number of carbonyl (C=O) groups excluding carboxylic acids is 1. The van der Waals surface area contributed by atoms with E-state index >= 15 is 0 Å².